The van der Waals surface area contributed by atoms with Gasteiger partial charge in [-0.3, -0.25) is 14.2 Å². The number of pyridine rings is 1. The lowest BCUT2D eigenvalue weighted by atomic mass is 10.1. The van der Waals surface area contributed by atoms with Crippen molar-refractivity contribution in [1.82, 2.24) is 20.1 Å². The molecular formula is C28H38N5O8P. The minimum absolute atomic E-state index is 0.0156. The molecule has 3 heterocycles. The van der Waals surface area contributed by atoms with Crippen molar-refractivity contribution in [2.45, 2.75) is 32.4 Å². The monoisotopic (exact) mass is 603 g/mol. The quantitative estimate of drug-likeness (QED) is 0.342. The van der Waals surface area contributed by atoms with Gasteiger partial charge in [-0.25, -0.2) is 9.78 Å². The van der Waals surface area contributed by atoms with Crippen molar-refractivity contribution in [3.63, 3.8) is 0 Å². The molecule has 228 valence electrons. The number of carbonyl (C=O) groups is 3. The second-order valence-corrected chi connectivity index (χ2v) is 12.0. The van der Waals surface area contributed by atoms with Crippen LogP contribution in [0.25, 0.3) is 11.3 Å². The molecule has 13 nitrogen and oxygen atoms in total. The zero-order chi connectivity index (χ0) is 30.3. The molecule has 0 aliphatic carbocycles. The lowest BCUT2D eigenvalue weighted by molar-refractivity contribution is -0.134. The number of hydrogen-bond donors (Lipinski definition) is 3. The molecule has 14 heteroatoms. The number of anilines is 1. The van der Waals surface area contributed by atoms with Gasteiger partial charge in [0.1, 0.15) is 11.7 Å². The highest BCUT2D eigenvalue weighted by Gasteiger charge is 2.36. The van der Waals surface area contributed by atoms with Crippen LogP contribution in [0.3, 0.4) is 0 Å². The molecule has 2 aromatic rings. The first-order chi connectivity index (χ1) is 20.1. The van der Waals surface area contributed by atoms with Crippen LogP contribution < -0.4 is 10.2 Å². The molecule has 1 unspecified atom stereocenters. The maximum Gasteiger partial charge on any atom is 0.409 e. The topological polar surface area (TPSA) is 162 Å². The van der Waals surface area contributed by atoms with Crippen molar-refractivity contribution in [3.8, 4) is 11.3 Å². The van der Waals surface area contributed by atoms with Crippen molar-refractivity contribution in [2.75, 3.05) is 63.5 Å². The van der Waals surface area contributed by atoms with Gasteiger partial charge in [-0.15, -0.1) is 0 Å². The zero-order valence-corrected chi connectivity index (χ0v) is 24.7. The largest absolute Gasteiger partial charge is 0.450 e. The van der Waals surface area contributed by atoms with Gasteiger partial charge in [0.2, 0.25) is 5.91 Å². The molecule has 3 N–H and O–H groups in total. The first-order valence-corrected chi connectivity index (χ1v) is 15.8. The van der Waals surface area contributed by atoms with Crippen LogP contribution in [0.5, 0.6) is 0 Å². The van der Waals surface area contributed by atoms with E-state index in [-0.39, 0.29) is 45.1 Å². The second-order valence-electron chi connectivity index (χ2n) is 10.1. The third kappa shape index (κ3) is 8.07. The summed E-state index contributed by atoms with van der Waals surface area (Å²) in [5.74, 6) is -1.27. The SMILES string of the molecule is CCOC(=O)N1CCN(C(=O)[C@H](CP(=O)(O)OCC)NC(=O)c2cc(N3CC[C@@H](O)C3)cc(-c3ccccc3)n2)CC1. The Bertz CT molecular complexity index is 1300. The van der Waals surface area contributed by atoms with Gasteiger partial charge >= 0.3 is 13.7 Å². The van der Waals surface area contributed by atoms with E-state index in [9.17, 15) is 28.9 Å². The van der Waals surface area contributed by atoms with E-state index in [1.165, 1.54) is 9.80 Å². The van der Waals surface area contributed by atoms with E-state index in [2.05, 4.69) is 10.3 Å². The number of amides is 3. The lowest BCUT2D eigenvalue weighted by Crippen LogP contribution is -2.56. The number of carbonyl (C=O) groups excluding carboxylic acids is 3. The van der Waals surface area contributed by atoms with Gasteiger partial charge in [-0.05, 0) is 32.4 Å². The standard InChI is InChI=1S/C28H38N5O8P/c1-3-40-28(37)32-14-12-31(13-15-32)27(36)25(19-42(38,39)41-4-2)30-26(35)24-17-21(33-11-10-22(34)18-33)16-23(29-24)20-8-6-5-7-9-20/h5-9,16-17,22,25,34H,3-4,10-15,18-19H2,1-2H3,(H,30,35)(H,38,39)/t22-,25+/m1/s1. The fourth-order valence-electron chi connectivity index (χ4n) is 5.00. The third-order valence-corrected chi connectivity index (χ3v) is 8.59. The predicted molar refractivity (Wildman–Crippen MR) is 155 cm³/mol. The van der Waals surface area contributed by atoms with Crippen LogP contribution in [-0.4, -0.2) is 113 Å². The van der Waals surface area contributed by atoms with Gasteiger partial charge in [0.05, 0.1) is 31.2 Å². The summed E-state index contributed by atoms with van der Waals surface area (Å²) in [5.41, 5.74) is 2.00. The van der Waals surface area contributed by atoms with E-state index < -0.39 is 43.8 Å². The number of aliphatic hydroxyl groups excluding tert-OH is 1. The zero-order valence-electron chi connectivity index (χ0n) is 23.8. The number of ether oxygens (including phenoxy) is 1. The molecule has 2 saturated heterocycles. The molecule has 3 atom stereocenters. The third-order valence-electron chi connectivity index (χ3n) is 7.11. The summed E-state index contributed by atoms with van der Waals surface area (Å²) >= 11 is 0. The van der Waals surface area contributed by atoms with Crippen LogP contribution in [0.2, 0.25) is 0 Å². The van der Waals surface area contributed by atoms with E-state index in [1.807, 2.05) is 41.3 Å². The maximum absolute atomic E-state index is 13.6. The molecule has 4 rings (SSSR count). The Labute approximate surface area is 244 Å². The number of rotatable bonds is 10. The summed E-state index contributed by atoms with van der Waals surface area (Å²) in [6, 6.07) is 11.3. The molecule has 0 spiro atoms. The number of piperazine rings is 1. The predicted octanol–water partition coefficient (Wildman–Crippen LogP) is 1.94. The number of β-amino-alcohol motifs (C(OH)–C–C–N with tert-alkyl or cyclic N) is 1. The summed E-state index contributed by atoms with van der Waals surface area (Å²) < 4.78 is 22.8. The van der Waals surface area contributed by atoms with Crippen molar-refractivity contribution in [2.24, 2.45) is 0 Å². The molecule has 0 bridgehead atoms. The average molecular weight is 604 g/mol. The molecule has 0 radical (unpaired) electrons. The normalized spacial score (nSPS) is 19.2. The number of aliphatic hydroxyl groups is 1. The highest BCUT2D eigenvalue weighted by atomic mass is 31.2. The maximum atomic E-state index is 13.6. The fraction of sp³-hybridized carbons (Fsp3) is 0.500. The van der Waals surface area contributed by atoms with Crippen LogP contribution in [0, 0.1) is 0 Å². The Kier molecular flexibility index (Phi) is 10.6. The Morgan fingerprint density at radius 1 is 1.05 bits per heavy atom. The first kappa shape index (κ1) is 31.4. The molecule has 1 aromatic heterocycles. The van der Waals surface area contributed by atoms with Gasteiger partial charge in [0, 0.05) is 50.5 Å². The van der Waals surface area contributed by atoms with Gasteiger partial charge in [-0.1, -0.05) is 30.3 Å². The lowest BCUT2D eigenvalue weighted by Gasteiger charge is -2.36. The molecule has 2 aliphatic rings. The summed E-state index contributed by atoms with van der Waals surface area (Å²) in [7, 11) is -4.23. The summed E-state index contributed by atoms with van der Waals surface area (Å²) in [4.78, 5) is 59.1. The number of nitrogens with one attached hydrogen (secondary N) is 1. The van der Waals surface area contributed by atoms with Gasteiger partial charge < -0.3 is 39.3 Å². The van der Waals surface area contributed by atoms with E-state index >= 15 is 0 Å². The van der Waals surface area contributed by atoms with E-state index in [0.717, 1.165) is 5.56 Å². The molecule has 3 amide bonds. The molecular weight excluding hydrogens is 565 g/mol. The van der Waals surface area contributed by atoms with Crippen LogP contribution >= 0.6 is 7.60 Å². The first-order valence-electron chi connectivity index (χ1n) is 14.1. The van der Waals surface area contributed by atoms with Crippen LogP contribution in [0.1, 0.15) is 30.8 Å². The molecule has 2 aliphatic heterocycles. The highest BCUT2D eigenvalue weighted by molar-refractivity contribution is 7.52. The summed E-state index contributed by atoms with van der Waals surface area (Å²) in [6.07, 6.45) is -1.00. The van der Waals surface area contributed by atoms with Crippen molar-refractivity contribution >= 4 is 31.2 Å². The van der Waals surface area contributed by atoms with E-state index in [0.29, 0.717) is 30.9 Å². The summed E-state index contributed by atoms with van der Waals surface area (Å²) in [6.45, 7) is 5.22. The van der Waals surface area contributed by atoms with E-state index in [4.69, 9.17) is 9.26 Å². The summed E-state index contributed by atoms with van der Waals surface area (Å²) in [5, 5.41) is 12.7. The Morgan fingerprint density at radius 3 is 2.36 bits per heavy atom. The van der Waals surface area contributed by atoms with Gasteiger partial charge in [0.15, 0.2) is 0 Å². The smallest absolute Gasteiger partial charge is 0.409 e. The Balaban J connectivity index is 1.58. The molecule has 2 fully saturated rings. The van der Waals surface area contributed by atoms with Crippen LogP contribution in [-0.2, 0) is 18.6 Å². The molecule has 42 heavy (non-hydrogen) atoms. The molecule has 1 aromatic carbocycles. The van der Waals surface area contributed by atoms with Gasteiger partial charge in [-0.2, -0.15) is 0 Å². The van der Waals surface area contributed by atoms with Crippen molar-refractivity contribution in [3.05, 3.63) is 48.2 Å². The van der Waals surface area contributed by atoms with Gasteiger partial charge in [0.25, 0.3) is 5.91 Å². The number of nitrogens with zero attached hydrogens (tertiary/aromatic N) is 4. The van der Waals surface area contributed by atoms with Crippen LogP contribution in [0.15, 0.2) is 42.5 Å². The van der Waals surface area contributed by atoms with Crippen molar-refractivity contribution < 1.29 is 38.2 Å². The molecule has 0 saturated carbocycles. The highest BCUT2D eigenvalue weighted by Crippen LogP contribution is 2.42. The fourth-order valence-corrected chi connectivity index (χ4v) is 6.21. The minimum Gasteiger partial charge on any atom is -0.450 e. The van der Waals surface area contributed by atoms with Crippen molar-refractivity contribution in [1.29, 1.82) is 0 Å². The van der Waals surface area contributed by atoms with Crippen LogP contribution in [0.4, 0.5) is 10.5 Å². The Hall–Kier alpha value is -3.51. The number of aromatic nitrogens is 1. The Morgan fingerprint density at radius 2 is 1.74 bits per heavy atom. The second kappa shape index (κ2) is 14.1. The average Bonchev–Trinajstić information content (AvgIpc) is 3.43. The minimum atomic E-state index is -4.23. The number of hydrogen-bond acceptors (Lipinski definition) is 9. The number of benzene rings is 1. The van der Waals surface area contributed by atoms with E-state index in [1.54, 1.807) is 19.9 Å².